The predicted octanol–water partition coefficient (Wildman–Crippen LogP) is 3.92. The second-order valence-electron chi connectivity index (χ2n) is 7.55. The highest BCUT2D eigenvalue weighted by Crippen LogP contribution is 2.37. The molecule has 0 amide bonds. The normalized spacial score (nSPS) is 13.7. The second-order valence-corrected chi connectivity index (χ2v) is 7.55. The number of aromatic amines is 1. The molecule has 0 unspecified atom stereocenters. The summed E-state index contributed by atoms with van der Waals surface area (Å²) in [6.07, 6.45) is 1.71. The Kier molecular flexibility index (Phi) is 4.85. The Morgan fingerprint density at radius 2 is 2.03 bits per heavy atom. The van der Waals surface area contributed by atoms with Crippen LogP contribution in [0.1, 0.15) is 31.4 Å². The van der Waals surface area contributed by atoms with Gasteiger partial charge in [-0.25, -0.2) is 9.18 Å². The number of aromatic nitrogens is 2. The minimum atomic E-state index is -0.551. The Hall–Kier alpha value is -3.17. The summed E-state index contributed by atoms with van der Waals surface area (Å²) in [5.41, 5.74) is 2.27. The number of fused-ring (bicyclic) bond motifs is 2. The molecule has 0 bridgehead atoms. The van der Waals surface area contributed by atoms with E-state index in [1.165, 1.54) is 6.07 Å². The lowest BCUT2D eigenvalue weighted by molar-refractivity contribution is 0.0741. The molecule has 0 aliphatic carbocycles. The molecule has 1 aliphatic heterocycles. The van der Waals surface area contributed by atoms with Crippen molar-refractivity contribution in [3.05, 3.63) is 63.8 Å². The van der Waals surface area contributed by atoms with Crippen LogP contribution >= 0.6 is 0 Å². The minimum Gasteiger partial charge on any atom is -0.366 e. The zero-order valence-corrected chi connectivity index (χ0v) is 16.7. The summed E-state index contributed by atoms with van der Waals surface area (Å²) in [4.78, 5) is 20.8. The Morgan fingerprint density at radius 3 is 2.83 bits per heavy atom. The molecule has 148 valence electrons. The van der Waals surface area contributed by atoms with Crippen molar-refractivity contribution in [1.82, 2.24) is 9.97 Å². The van der Waals surface area contributed by atoms with Crippen LogP contribution in [0.15, 0.2) is 41.2 Å². The fourth-order valence-corrected chi connectivity index (χ4v) is 3.58. The molecule has 1 aliphatic rings. The van der Waals surface area contributed by atoms with Gasteiger partial charge in [-0.3, -0.25) is 0 Å². The maximum absolute atomic E-state index is 14.7. The Bertz CT molecular complexity index is 1200. The van der Waals surface area contributed by atoms with E-state index in [9.17, 15) is 9.18 Å². The maximum atomic E-state index is 14.7. The molecular formula is C23H22FN3O2. The van der Waals surface area contributed by atoms with Gasteiger partial charge in [0.15, 0.2) is 5.82 Å². The van der Waals surface area contributed by atoms with Crippen molar-refractivity contribution in [2.24, 2.45) is 0 Å². The van der Waals surface area contributed by atoms with Gasteiger partial charge < -0.3 is 14.6 Å². The average molecular weight is 391 g/mol. The minimum absolute atomic E-state index is 0.317. The van der Waals surface area contributed by atoms with E-state index in [0.29, 0.717) is 23.3 Å². The smallest absolute Gasteiger partial charge is 0.347 e. The van der Waals surface area contributed by atoms with E-state index < -0.39 is 17.1 Å². The van der Waals surface area contributed by atoms with Crippen LogP contribution in [0.4, 0.5) is 15.9 Å². The van der Waals surface area contributed by atoms with E-state index in [1.807, 2.05) is 36.9 Å². The fraction of sp³-hybridized carbons (Fsp3) is 0.304. The molecule has 0 radical (unpaired) electrons. The summed E-state index contributed by atoms with van der Waals surface area (Å²) >= 11 is 0. The predicted molar refractivity (Wildman–Crippen MR) is 112 cm³/mol. The van der Waals surface area contributed by atoms with E-state index in [0.717, 1.165) is 29.7 Å². The van der Waals surface area contributed by atoms with E-state index in [4.69, 9.17) is 4.74 Å². The zero-order chi connectivity index (χ0) is 20.6. The monoisotopic (exact) mass is 391 g/mol. The van der Waals surface area contributed by atoms with Crippen molar-refractivity contribution in [2.75, 3.05) is 18.6 Å². The van der Waals surface area contributed by atoms with Crippen LogP contribution in [-0.4, -0.2) is 29.2 Å². The Balaban J connectivity index is 1.89. The summed E-state index contributed by atoms with van der Waals surface area (Å²) in [5, 5.41) is 0.317. The van der Waals surface area contributed by atoms with Crippen molar-refractivity contribution in [1.29, 1.82) is 0 Å². The SMILES string of the molecule is COC(C)(C)C#Cc1cccc2c1CCCN2c1nc(=O)[nH]c2cccc(F)c12. The number of H-pyrrole nitrogens is 1. The Morgan fingerprint density at radius 1 is 1.24 bits per heavy atom. The zero-order valence-electron chi connectivity index (χ0n) is 16.7. The van der Waals surface area contributed by atoms with Crippen molar-refractivity contribution in [3.63, 3.8) is 0 Å². The van der Waals surface area contributed by atoms with Gasteiger partial charge in [0, 0.05) is 24.9 Å². The molecule has 2 aromatic carbocycles. The lowest BCUT2D eigenvalue weighted by Crippen LogP contribution is -2.28. The first-order chi connectivity index (χ1) is 13.9. The van der Waals surface area contributed by atoms with Gasteiger partial charge in [-0.1, -0.05) is 24.0 Å². The summed E-state index contributed by atoms with van der Waals surface area (Å²) in [5.74, 6) is 6.32. The van der Waals surface area contributed by atoms with Crippen molar-refractivity contribution in [2.45, 2.75) is 32.3 Å². The molecule has 29 heavy (non-hydrogen) atoms. The van der Waals surface area contributed by atoms with Crippen LogP contribution in [-0.2, 0) is 11.2 Å². The van der Waals surface area contributed by atoms with Crippen LogP contribution in [0, 0.1) is 17.7 Å². The summed E-state index contributed by atoms with van der Waals surface area (Å²) in [6.45, 7) is 4.47. The second kappa shape index (κ2) is 7.34. The summed E-state index contributed by atoms with van der Waals surface area (Å²) in [6, 6.07) is 10.5. The maximum Gasteiger partial charge on any atom is 0.347 e. The molecule has 1 aromatic heterocycles. The van der Waals surface area contributed by atoms with E-state index in [-0.39, 0.29) is 0 Å². The standard InChI is InChI=1S/C23H22FN3O2/c1-23(2,29-3)13-12-15-7-4-11-19-16(15)8-6-14-27(19)21-20-17(24)9-5-10-18(20)25-22(28)26-21/h4-5,7,9-11H,6,8,14H2,1-3H3,(H,25,26,28). The van der Waals surface area contributed by atoms with Crippen LogP contribution in [0.3, 0.4) is 0 Å². The molecule has 4 rings (SSSR count). The first kappa shape index (κ1) is 19.2. The molecule has 0 atom stereocenters. The van der Waals surface area contributed by atoms with E-state index >= 15 is 0 Å². The molecule has 0 fully saturated rings. The third-order valence-electron chi connectivity index (χ3n) is 5.20. The molecule has 6 heteroatoms. The first-order valence-electron chi connectivity index (χ1n) is 9.56. The first-order valence-corrected chi connectivity index (χ1v) is 9.56. The fourth-order valence-electron chi connectivity index (χ4n) is 3.58. The number of ether oxygens (including phenoxy) is 1. The molecular weight excluding hydrogens is 369 g/mol. The number of hydrogen-bond donors (Lipinski definition) is 1. The van der Waals surface area contributed by atoms with E-state index in [1.54, 1.807) is 19.2 Å². The van der Waals surface area contributed by atoms with Gasteiger partial charge in [-0.05, 0) is 56.5 Å². The summed E-state index contributed by atoms with van der Waals surface area (Å²) in [7, 11) is 1.63. The highest BCUT2D eigenvalue weighted by Gasteiger charge is 2.24. The highest BCUT2D eigenvalue weighted by atomic mass is 19.1. The third-order valence-corrected chi connectivity index (χ3v) is 5.20. The molecule has 0 saturated heterocycles. The molecule has 0 spiro atoms. The van der Waals surface area contributed by atoms with Gasteiger partial charge in [0.25, 0.3) is 0 Å². The lowest BCUT2D eigenvalue weighted by Gasteiger charge is -2.31. The molecule has 0 saturated carbocycles. The largest absolute Gasteiger partial charge is 0.366 e. The van der Waals surface area contributed by atoms with Gasteiger partial charge in [-0.2, -0.15) is 4.98 Å². The van der Waals surface area contributed by atoms with E-state index in [2.05, 4.69) is 21.8 Å². The van der Waals surface area contributed by atoms with Crippen molar-refractivity contribution >= 4 is 22.4 Å². The Labute approximate surface area is 168 Å². The number of anilines is 2. The van der Waals surface area contributed by atoms with Gasteiger partial charge >= 0.3 is 5.69 Å². The number of halogens is 1. The molecule has 3 aromatic rings. The van der Waals surface area contributed by atoms with Gasteiger partial charge in [-0.15, -0.1) is 0 Å². The van der Waals surface area contributed by atoms with Crippen LogP contribution in [0.25, 0.3) is 10.9 Å². The average Bonchev–Trinajstić information content (AvgIpc) is 2.71. The van der Waals surface area contributed by atoms with Crippen molar-refractivity contribution < 1.29 is 9.13 Å². The van der Waals surface area contributed by atoms with Crippen LogP contribution in [0.5, 0.6) is 0 Å². The number of methoxy groups -OCH3 is 1. The van der Waals surface area contributed by atoms with Gasteiger partial charge in [0.2, 0.25) is 0 Å². The molecule has 5 nitrogen and oxygen atoms in total. The molecule has 1 N–H and O–H groups in total. The van der Waals surface area contributed by atoms with Crippen LogP contribution < -0.4 is 10.6 Å². The van der Waals surface area contributed by atoms with Crippen molar-refractivity contribution in [3.8, 4) is 11.8 Å². The van der Waals surface area contributed by atoms with Gasteiger partial charge in [0.1, 0.15) is 11.4 Å². The number of nitrogens with zero attached hydrogens (tertiary/aromatic N) is 2. The number of nitrogens with one attached hydrogen (secondary N) is 1. The quantitative estimate of drug-likeness (QED) is 0.673. The highest BCUT2D eigenvalue weighted by molar-refractivity contribution is 5.92. The topological polar surface area (TPSA) is 58.2 Å². The lowest BCUT2D eigenvalue weighted by atomic mass is 9.95. The number of benzene rings is 2. The molecule has 2 heterocycles. The third kappa shape index (κ3) is 3.62. The van der Waals surface area contributed by atoms with Crippen LogP contribution in [0.2, 0.25) is 0 Å². The van der Waals surface area contributed by atoms with Gasteiger partial charge in [0.05, 0.1) is 10.9 Å². The summed E-state index contributed by atoms with van der Waals surface area (Å²) < 4.78 is 20.0. The number of rotatable bonds is 2. The number of hydrogen-bond acceptors (Lipinski definition) is 4.